The summed E-state index contributed by atoms with van der Waals surface area (Å²) >= 11 is 0. The van der Waals surface area contributed by atoms with Crippen LogP contribution in [-0.4, -0.2) is 41.7 Å². The Bertz CT molecular complexity index is 438. The summed E-state index contributed by atoms with van der Waals surface area (Å²) < 4.78 is 5.52. The standard InChI is InChI=1S/C14H19NO.Na.H/c1-5-16-11-6-7-13-12(8-11)10(2)9-14(3,4)15-13;;/h6-9,15H,5H2,1-4H3;;. The molecule has 1 aliphatic heterocycles. The second-order valence-corrected chi connectivity index (χ2v) is 4.81. The molecule has 88 valence electrons. The summed E-state index contributed by atoms with van der Waals surface area (Å²) in [7, 11) is 0. The zero-order chi connectivity index (χ0) is 11.8. The van der Waals surface area contributed by atoms with Gasteiger partial charge in [-0.05, 0) is 51.5 Å². The van der Waals surface area contributed by atoms with Gasteiger partial charge in [-0.1, -0.05) is 6.08 Å². The Morgan fingerprint density at radius 1 is 1.29 bits per heavy atom. The predicted molar refractivity (Wildman–Crippen MR) is 76.1 cm³/mol. The first kappa shape index (κ1) is 14.6. The zero-order valence-electron chi connectivity index (χ0n) is 10.4. The van der Waals surface area contributed by atoms with E-state index in [4.69, 9.17) is 4.74 Å². The maximum atomic E-state index is 5.52. The third-order valence-corrected chi connectivity index (χ3v) is 2.76. The Balaban J connectivity index is 0.00000144. The van der Waals surface area contributed by atoms with Crippen molar-refractivity contribution in [2.75, 3.05) is 11.9 Å². The van der Waals surface area contributed by atoms with Gasteiger partial charge in [0.15, 0.2) is 0 Å². The molecule has 0 saturated heterocycles. The molecule has 1 heterocycles. The van der Waals surface area contributed by atoms with Gasteiger partial charge in [0, 0.05) is 11.3 Å². The average molecular weight is 241 g/mol. The number of fused-ring (bicyclic) bond motifs is 1. The molecular weight excluding hydrogens is 221 g/mol. The van der Waals surface area contributed by atoms with Crippen molar-refractivity contribution in [3.63, 3.8) is 0 Å². The summed E-state index contributed by atoms with van der Waals surface area (Å²) in [6.07, 6.45) is 2.26. The summed E-state index contributed by atoms with van der Waals surface area (Å²) in [5, 5.41) is 3.50. The molecule has 0 amide bonds. The first-order valence-electron chi connectivity index (χ1n) is 5.77. The summed E-state index contributed by atoms with van der Waals surface area (Å²) in [4.78, 5) is 0. The van der Waals surface area contributed by atoms with Gasteiger partial charge in [0.25, 0.3) is 0 Å². The number of anilines is 1. The predicted octanol–water partition coefficient (Wildman–Crippen LogP) is 3.04. The van der Waals surface area contributed by atoms with Crippen LogP contribution >= 0.6 is 0 Å². The minimum atomic E-state index is 0. The van der Waals surface area contributed by atoms with Crippen molar-refractivity contribution in [1.29, 1.82) is 0 Å². The van der Waals surface area contributed by atoms with Crippen molar-refractivity contribution in [3.8, 4) is 5.75 Å². The number of allylic oxidation sites excluding steroid dienone is 1. The van der Waals surface area contributed by atoms with Gasteiger partial charge in [0.2, 0.25) is 0 Å². The molecule has 0 fully saturated rings. The molecule has 0 spiro atoms. The van der Waals surface area contributed by atoms with Crippen LogP contribution < -0.4 is 10.1 Å². The van der Waals surface area contributed by atoms with E-state index >= 15 is 0 Å². The van der Waals surface area contributed by atoms with E-state index in [0.717, 1.165) is 5.75 Å². The number of benzene rings is 1. The molecule has 0 aliphatic carbocycles. The van der Waals surface area contributed by atoms with Crippen LogP contribution in [0, 0.1) is 0 Å². The quantitative estimate of drug-likeness (QED) is 0.803. The molecule has 17 heavy (non-hydrogen) atoms. The van der Waals surface area contributed by atoms with E-state index in [1.54, 1.807) is 0 Å². The summed E-state index contributed by atoms with van der Waals surface area (Å²) in [6, 6.07) is 6.22. The Hall–Kier alpha value is -0.440. The summed E-state index contributed by atoms with van der Waals surface area (Å²) in [6.45, 7) is 9.22. The zero-order valence-corrected chi connectivity index (χ0v) is 10.4. The molecule has 0 bridgehead atoms. The van der Waals surface area contributed by atoms with Gasteiger partial charge < -0.3 is 10.1 Å². The van der Waals surface area contributed by atoms with Crippen molar-refractivity contribution >= 4 is 40.8 Å². The topological polar surface area (TPSA) is 21.3 Å². The van der Waals surface area contributed by atoms with Crippen LogP contribution in [0.3, 0.4) is 0 Å². The van der Waals surface area contributed by atoms with Crippen molar-refractivity contribution in [1.82, 2.24) is 0 Å². The van der Waals surface area contributed by atoms with Crippen LogP contribution in [0.5, 0.6) is 5.75 Å². The first-order valence-corrected chi connectivity index (χ1v) is 5.77. The molecule has 3 heteroatoms. The Labute approximate surface area is 126 Å². The van der Waals surface area contributed by atoms with Gasteiger partial charge in [-0.2, -0.15) is 0 Å². The van der Waals surface area contributed by atoms with Crippen molar-refractivity contribution in [3.05, 3.63) is 29.8 Å². The molecule has 0 aromatic heterocycles. The Kier molecular flexibility index (Phi) is 4.70. The first-order chi connectivity index (χ1) is 7.52. The molecule has 1 aromatic carbocycles. The van der Waals surface area contributed by atoms with E-state index in [2.05, 4.69) is 44.3 Å². The van der Waals surface area contributed by atoms with Gasteiger partial charge in [-0.15, -0.1) is 0 Å². The van der Waals surface area contributed by atoms with Gasteiger partial charge in [-0.3, -0.25) is 0 Å². The molecule has 0 radical (unpaired) electrons. The van der Waals surface area contributed by atoms with Crippen LogP contribution in [-0.2, 0) is 0 Å². The monoisotopic (exact) mass is 241 g/mol. The fourth-order valence-electron chi connectivity index (χ4n) is 2.22. The number of ether oxygens (including phenoxy) is 1. The number of hydrogen-bond acceptors (Lipinski definition) is 2. The van der Waals surface area contributed by atoms with Crippen molar-refractivity contribution in [2.24, 2.45) is 0 Å². The molecule has 1 N–H and O–H groups in total. The summed E-state index contributed by atoms with van der Waals surface area (Å²) in [5.74, 6) is 0.940. The SMILES string of the molecule is CCOc1ccc2c(c1)C(C)=CC(C)(C)N2.[NaH]. The third kappa shape index (κ3) is 3.27. The average Bonchev–Trinajstić information content (AvgIpc) is 2.18. The van der Waals surface area contributed by atoms with E-state index in [1.807, 2.05) is 13.0 Å². The van der Waals surface area contributed by atoms with Crippen molar-refractivity contribution < 1.29 is 4.74 Å². The number of hydrogen-bond donors (Lipinski definition) is 1. The molecule has 1 aromatic rings. The van der Waals surface area contributed by atoms with Gasteiger partial charge in [-0.25, -0.2) is 0 Å². The molecule has 0 unspecified atom stereocenters. The van der Waals surface area contributed by atoms with Gasteiger partial charge >= 0.3 is 29.6 Å². The molecule has 1 aliphatic rings. The van der Waals surface area contributed by atoms with Crippen molar-refractivity contribution in [2.45, 2.75) is 33.2 Å². The normalized spacial score (nSPS) is 16.1. The van der Waals surface area contributed by atoms with E-state index in [-0.39, 0.29) is 35.1 Å². The minimum absolute atomic E-state index is 0. The van der Waals surface area contributed by atoms with E-state index in [1.165, 1.54) is 16.8 Å². The number of nitrogens with one attached hydrogen (secondary N) is 1. The molecule has 2 nitrogen and oxygen atoms in total. The van der Waals surface area contributed by atoms with Gasteiger partial charge in [0.05, 0.1) is 12.1 Å². The number of rotatable bonds is 2. The van der Waals surface area contributed by atoms with Crippen LogP contribution in [0.15, 0.2) is 24.3 Å². The molecular formula is C14H20NNaO. The van der Waals surface area contributed by atoms with E-state index < -0.39 is 0 Å². The Morgan fingerprint density at radius 2 is 2.00 bits per heavy atom. The molecule has 2 rings (SSSR count). The fourth-order valence-corrected chi connectivity index (χ4v) is 2.22. The second kappa shape index (κ2) is 5.47. The summed E-state index contributed by atoms with van der Waals surface area (Å²) in [5.41, 5.74) is 3.77. The Morgan fingerprint density at radius 3 is 2.65 bits per heavy atom. The second-order valence-electron chi connectivity index (χ2n) is 4.81. The molecule has 0 atom stereocenters. The van der Waals surface area contributed by atoms with Crippen LogP contribution in [0.1, 0.15) is 33.3 Å². The van der Waals surface area contributed by atoms with E-state index in [0.29, 0.717) is 6.61 Å². The van der Waals surface area contributed by atoms with Crippen LogP contribution in [0.4, 0.5) is 5.69 Å². The fraction of sp³-hybridized carbons (Fsp3) is 0.429. The van der Waals surface area contributed by atoms with Crippen LogP contribution in [0.25, 0.3) is 5.57 Å². The third-order valence-electron chi connectivity index (χ3n) is 2.76. The van der Waals surface area contributed by atoms with Gasteiger partial charge in [0.1, 0.15) is 5.75 Å². The van der Waals surface area contributed by atoms with E-state index in [9.17, 15) is 0 Å². The maximum absolute atomic E-state index is 5.52. The van der Waals surface area contributed by atoms with Crippen LogP contribution in [0.2, 0.25) is 0 Å². The molecule has 0 saturated carbocycles.